The van der Waals surface area contributed by atoms with E-state index in [0.717, 1.165) is 9.80 Å². The highest BCUT2D eigenvalue weighted by Gasteiger charge is 2.40. The van der Waals surface area contributed by atoms with Gasteiger partial charge in [0, 0.05) is 57.8 Å². The molecule has 0 spiro atoms. The minimum atomic E-state index is -0.520. The predicted octanol–water partition coefficient (Wildman–Crippen LogP) is 3.23. The second-order valence-corrected chi connectivity index (χ2v) is 7.37. The van der Waals surface area contributed by atoms with Crippen molar-refractivity contribution in [3.05, 3.63) is 95.6 Å². The van der Waals surface area contributed by atoms with Crippen LogP contribution in [0.2, 0.25) is 0 Å². The number of hydrogen-bond donors (Lipinski definition) is 0. The van der Waals surface area contributed by atoms with E-state index in [1.165, 1.54) is 49.1 Å². The molecule has 2 aromatic heterocycles. The number of benzene rings is 2. The maximum atomic E-state index is 13.3. The molecule has 2 aliphatic heterocycles. The first-order valence-corrected chi connectivity index (χ1v) is 9.75. The van der Waals surface area contributed by atoms with Crippen LogP contribution in [0.15, 0.2) is 73.3 Å². The number of amides is 4. The molecule has 6 rings (SSSR count). The first kappa shape index (κ1) is 18.1. The van der Waals surface area contributed by atoms with Crippen molar-refractivity contribution in [2.24, 2.45) is 0 Å². The Balaban J connectivity index is 1.59. The van der Waals surface area contributed by atoms with Crippen molar-refractivity contribution in [2.75, 3.05) is 9.80 Å². The van der Waals surface area contributed by atoms with Gasteiger partial charge in [0.2, 0.25) is 0 Å². The fourth-order valence-electron chi connectivity index (χ4n) is 4.33. The van der Waals surface area contributed by atoms with Crippen LogP contribution in [0.1, 0.15) is 41.4 Å². The summed E-state index contributed by atoms with van der Waals surface area (Å²) in [4.78, 5) is 63.2. The van der Waals surface area contributed by atoms with Crippen LogP contribution in [0.25, 0.3) is 10.8 Å². The van der Waals surface area contributed by atoms with Crippen molar-refractivity contribution in [1.29, 1.82) is 0 Å². The van der Waals surface area contributed by atoms with E-state index in [1.807, 2.05) is 0 Å². The van der Waals surface area contributed by atoms with Crippen LogP contribution in [-0.2, 0) is 0 Å². The van der Waals surface area contributed by atoms with Gasteiger partial charge in [-0.1, -0.05) is 0 Å². The van der Waals surface area contributed by atoms with E-state index >= 15 is 0 Å². The zero-order valence-electron chi connectivity index (χ0n) is 16.4. The molecule has 0 saturated heterocycles. The van der Waals surface area contributed by atoms with E-state index in [9.17, 15) is 19.2 Å². The average molecular weight is 420 g/mol. The molecular weight excluding hydrogens is 408 g/mol. The molecule has 0 bridgehead atoms. The van der Waals surface area contributed by atoms with Crippen LogP contribution >= 0.6 is 0 Å². The topological polar surface area (TPSA) is 101 Å². The molecule has 4 aromatic rings. The highest BCUT2D eigenvalue weighted by atomic mass is 16.2. The molecule has 2 aromatic carbocycles. The summed E-state index contributed by atoms with van der Waals surface area (Å²) in [7, 11) is 0. The van der Waals surface area contributed by atoms with E-state index in [-0.39, 0.29) is 22.3 Å². The molecule has 0 fully saturated rings. The highest BCUT2D eigenvalue weighted by Crippen LogP contribution is 2.39. The van der Waals surface area contributed by atoms with Gasteiger partial charge in [0.05, 0.1) is 11.4 Å². The Hall–Kier alpha value is -4.72. The normalized spacial score (nSPS) is 15.0. The quantitative estimate of drug-likeness (QED) is 0.462. The minimum absolute atomic E-state index is 0.259. The number of hydrogen-bond acceptors (Lipinski definition) is 6. The highest BCUT2D eigenvalue weighted by molar-refractivity contribution is 6.42. The Morgan fingerprint density at radius 1 is 0.438 bits per heavy atom. The Bertz CT molecular complexity index is 1310. The fraction of sp³-hybridized carbons (Fsp3) is 0. The molecular formula is C24H12N4O4. The molecule has 2 aliphatic rings. The lowest BCUT2D eigenvalue weighted by Crippen LogP contribution is -2.43. The van der Waals surface area contributed by atoms with E-state index in [1.54, 1.807) is 24.3 Å². The summed E-state index contributed by atoms with van der Waals surface area (Å²) < 4.78 is 0. The van der Waals surface area contributed by atoms with Gasteiger partial charge in [-0.15, -0.1) is 0 Å². The summed E-state index contributed by atoms with van der Waals surface area (Å²) in [5.41, 5.74) is 1.82. The standard InChI is InChI=1S/C24H12N4O4/c29-21-15-1-2-16-20-18(24(32)28(22(16)30)14-7-11-26-12-8-14)4-3-17(19(15)20)23(31)27(21)13-5-9-25-10-6-13/h1-12H. The SMILES string of the molecule is O=C1c2ccc3c4c(ccc(c24)C(=O)N1c1ccncc1)C(=O)N(c1ccncc1)C3=O. The van der Waals surface area contributed by atoms with Crippen LogP contribution in [-0.4, -0.2) is 33.6 Å². The van der Waals surface area contributed by atoms with Crippen molar-refractivity contribution in [2.45, 2.75) is 0 Å². The average Bonchev–Trinajstić information content (AvgIpc) is 2.83. The molecule has 0 saturated carbocycles. The Labute approximate surface area is 180 Å². The second kappa shape index (κ2) is 6.39. The number of aromatic nitrogens is 2. The number of pyridine rings is 2. The molecule has 4 heterocycles. The molecule has 0 radical (unpaired) electrons. The van der Waals surface area contributed by atoms with E-state index in [0.29, 0.717) is 22.1 Å². The minimum Gasteiger partial charge on any atom is -0.268 e. The van der Waals surface area contributed by atoms with Gasteiger partial charge in [0.25, 0.3) is 23.6 Å². The Morgan fingerprint density at radius 3 is 1.00 bits per heavy atom. The molecule has 32 heavy (non-hydrogen) atoms. The molecule has 4 amide bonds. The third-order valence-corrected chi connectivity index (χ3v) is 5.74. The molecule has 0 atom stereocenters. The first-order chi connectivity index (χ1) is 15.6. The van der Waals surface area contributed by atoms with Gasteiger partial charge in [-0.3, -0.25) is 29.1 Å². The number of imide groups is 2. The summed E-state index contributed by atoms with van der Waals surface area (Å²) in [6, 6.07) is 12.4. The van der Waals surface area contributed by atoms with E-state index < -0.39 is 23.6 Å². The zero-order valence-corrected chi connectivity index (χ0v) is 16.4. The van der Waals surface area contributed by atoms with Gasteiger partial charge in [0.15, 0.2) is 0 Å². The van der Waals surface area contributed by atoms with Crippen molar-refractivity contribution in [3.8, 4) is 0 Å². The smallest absolute Gasteiger partial charge is 0.265 e. The van der Waals surface area contributed by atoms with Gasteiger partial charge in [-0.2, -0.15) is 0 Å². The van der Waals surface area contributed by atoms with E-state index in [4.69, 9.17) is 0 Å². The van der Waals surface area contributed by atoms with Crippen molar-refractivity contribution in [1.82, 2.24) is 9.97 Å². The van der Waals surface area contributed by atoms with Crippen LogP contribution < -0.4 is 9.80 Å². The Kier molecular flexibility index (Phi) is 3.61. The number of rotatable bonds is 2. The van der Waals surface area contributed by atoms with Gasteiger partial charge >= 0.3 is 0 Å². The maximum Gasteiger partial charge on any atom is 0.265 e. The first-order valence-electron chi connectivity index (χ1n) is 9.75. The summed E-state index contributed by atoms with van der Waals surface area (Å²) in [5, 5.41) is 0.660. The van der Waals surface area contributed by atoms with Crippen LogP contribution in [0.3, 0.4) is 0 Å². The summed E-state index contributed by atoms with van der Waals surface area (Å²) in [5.74, 6) is -2.08. The van der Waals surface area contributed by atoms with Crippen LogP contribution in [0.4, 0.5) is 11.4 Å². The van der Waals surface area contributed by atoms with Gasteiger partial charge in [-0.25, -0.2) is 9.80 Å². The molecule has 152 valence electrons. The summed E-state index contributed by atoms with van der Waals surface area (Å²) in [6.45, 7) is 0. The molecule has 8 nitrogen and oxygen atoms in total. The largest absolute Gasteiger partial charge is 0.268 e. The number of anilines is 2. The zero-order chi connectivity index (χ0) is 22.0. The van der Waals surface area contributed by atoms with Crippen molar-refractivity contribution >= 4 is 45.8 Å². The molecule has 8 heteroatoms. The molecule has 0 N–H and O–H groups in total. The third-order valence-electron chi connectivity index (χ3n) is 5.74. The lowest BCUT2D eigenvalue weighted by atomic mass is 9.85. The van der Waals surface area contributed by atoms with Crippen molar-refractivity contribution in [3.63, 3.8) is 0 Å². The number of carbonyl (C=O) groups excluding carboxylic acids is 4. The van der Waals surface area contributed by atoms with Gasteiger partial charge < -0.3 is 0 Å². The van der Waals surface area contributed by atoms with Crippen LogP contribution in [0, 0.1) is 0 Å². The maximum absolute atomic E-state index is 13.3. The molecule has 0 aliphatic carbocycles. The van der Waals surface area contributed by atoms with Crippen LogP contribution in [0.5, 0.6) is 0 Å². The lowest BCUT2D eigenvalue weighted by Gasteiger charge is -2.31. The summed E-state index contributed by atoms with van der Waals surface area (Å²) >= 11 is 0. The second-order valence-electron chi connectivity index (χ2n) is 7.37. The predicted molar refractivity (Wildman–Crippen MR) is 115 cm³/mol. The lowest BCUT2D eigenvalue weighted by molar-refractivity contribution is 0.0873. The van der Waals surface area contributed by atoms with Gasteiger partial charge in [0.1, 0.15) is 0 Å². The van der Waals surface area contributed by atoms with Gasteiger partial charge in [-0.05, 0) is 48.5 Å². The number of carbonyl (C=O) groups is 4. The van der Waals surface area contributed by atoms with Crippen molar-refractivity contribution < 1.29 is 19.2 Å². The fourth-order valence-corrected chi connectivity index (χ4v) is 4.33. The molecule has 0 unspecified atom stereocenters. The van der Waals surface area contributed by atoms with E-state index in [2.05, 4.69) is 9.97 Å². The monoisotopic (exact) mass is 420 g/mol. The third kappa shape index (κ3) is 2.26. The number of nitrogens with zero attached hydrogens (tertiary/aromatic N) is 4. The Morgan fingerprint density at radius 2 is 0.719 bits per heavy atom. The summed E-state index contributed by atoms with van der Waals surface area (Å²) in [6.07, 6.45) is 5.99.